The van der Waals surface area contributed by atoms with Crippen LogP contribution in [0.4, 0.5) is 0 Å². The number of unbranched alkanes of at least 4 members (excludes halogenated alkanes) is 54. The summed E-state index contributed by atoms with van der Waals surface area (Å²) in [6, 6.07) is -0.540. The van der Waals surface area contributed by atoms with E-state index < -0.39 is 12.1 Å². The molecule has 83 heavy (non-hydrogen) atoms. The second-order valence-corrected chi connectivity index (χ2v) is 26.0. The Hall–Kier alpha value is -1.92. The van der Waals surface area contributed by atoms with E-state index in [2.05, 4.69) is 55.6 Å². The molecule has 2 atom stereocenters. The van der Waals surface area contributed by atoms with Crippen LogP contribution in [0, 0.1) is 0 Å². The first-order valence-corrected chi connectivity index (χ1v) is 37.7. The van der Waals surface area contributed by atoms with E-state index in [9.17, 15) is 19.8 Å². The van der Waals surface area contributed by atoms with Crippen LogP contribution in [0.5, 0.6) is 0 Å². The highest BCUT2D eigenvalue weighted by atomic mass is 16.5. The van der Waals surface area contributed by atoms with Crippen LogP contribution >= 0.6 is 0 Å². The van der Waals surface area contributed by atoms with Crippen LogP contribution in [0.1, 0.15) is 418 Å². The molecule has 0 aliphatic rings. The van der Waals surface area contributed by atoms with Crippen LogP contribution in [0.3, 0.4) is 0 Å². The van der Waals surface area contributed by atoms with Crippen LogP contribution in [-0.4, -0.2) is 47.4 Å². The van der Waals surface area contributed by atoms with Gasteiger partial charge in [-0.2, -0.15) is 0 Å². The van der Waals surface area contributed by atoms with E-state index in [-0.39, 0.29) is 18.5 Å². The van der Waals surface area contributed by atoms with Crippen molar-refractivity contribution >= 4 is 11.9 Å². The lowest BCUT2D eigenvalue weighted by Gasteiger charge is -2.22. The standard InChI is InChI=1S/C77H147NO5/c1-3-5-7-9-11-13-15-17-19-42-45-49-53-57-61-65-69-75(80)74(73-79)78-76(81)70-66-62-58-54-50-46-43-39-37-35-33-31-29-27-25-23-21-20-22-24-26-28-30-32-34-36-38-40-44-48-52-56-60-64-68-72-83-77(82)71-67-63-59-55-51-47-41-18-16-14-12-10-8-6-4-2/h18,22,24,28,30,41,74-75,79-80H,3-17,19-21,23,25-27,29,31-40,42-73H2,1-2H3,(H,78,81)/b24-22-,30-28-,41-18-. The number of hydrogen-bond acceptors (Lipinski definition) is 5. The van der Waals surface area contributed by atoms with Gasteiger partial charge < -0.3 is 20.3 Å². The Bertz CT molecular complexity index is 1340. The van der Waals surface area contributed by atoms with Gasteiger partial charge in [-0.1, -0.05) is 359 Å². The lowest BCUT2D eigenvalue weighted by atomic mass is 10.0. The number of allylic oxidation sites excluding steroid dienone is 6. The second-order valence-electron chi connectivity index (χ2n) is 26.0. The van der Waals surface area contributed by atoms with Gasteiger partial charge in [0.2, 0.25) is 5.91 Å². The van der Waals surface area contributed by atoms with Gasteiger partial charge in [0, 0.05) is 12.8 Å². The normalized spacial score (nSPS) is 12.7. The molecule has 0 fully saturated rings. The molecule has 0 radical (unpaired) electrons. The monoisotopic (exact) mass is 1170 g/mol. The molecule has 0 bridgehead atoms. The quantitative estimate of drug-likeness (QED) is 0.0320. The van der Waals surface area contributed by atoms with Crippen molar-refractivity contribution < 1.29 is 24.5 Å². The number of esters is 1. The van der Waals surface area contributed by atoms with E-state index in [1.807, 2.05) is 0 Å². The average Bonchev–Trinajstić information content (AvgIpc) is 3.49. The minimum absolute atomic E-state index is 0.00935. The topological polar surface area (TPSA) is 95.9 Å². The molecule has 1 amide bonds. The van der Waals surface area contributed by atoms with Gasteiger partial charge in [-0.3, -0.25) is 9.59 Å². The maximum Gasteiger partial charge on any atom is 0.305 e. The fraction of sp³-hybridized carbons (Fsp3) is 0.896. The molecule has 0 aromatic heterocycles. The van der Waals surface area contributed by atoms with Gasteiger partial charge in [-0.25, -0.2) is 0 Å². The fourth-order valence-corrected chi connectivity index (χ4v) is 11.9. The maximum absolute atomic E-state index is 12.5. The highest BCUT2D eigenvalue weighted by Gasteiger charge is 2.20. The van der Waals surface area contributed by atoms with Gasteiger partial charge in [0.25, 0.3) is 0 Å². The minimum atomic E-state index is -0.663. The molecule has 0 saturated heterocycles. The van der Waals surface area contributed by atoms with Crippen LogP contribution in [0.25, 0.3) is 0 Å². The Morgan fingerprint density at radius 3 is 0.928 bits per heavy atom. The number of rotatable bonds is 71. The smallest absolute Gasteiger partial charge is 0.305 e. The van der Waals surface area contributed by atoms with Crippen molar-refractivity contribution in [2.45, 2.75) is 431 Å². The zero-order valence-electron chi connectivity index (χ0n) is 56.2. The molecule has 0 spiro atoms. The number of nitrogens with one attached hydrogen (secondary N) is 1. The van der Waals surface area contributed by atoms with Crippen LogP contribution < -0.4 is 5.32 Å². The molecule has 0 aliphatic carbocycles. The molecule has 6 nitrogen and oxygen atoms in total. The van der Waals surface area contributed by atoms with Crippen molar-refractivity contribution in [3.63, 3.8) is 0 Å². The highest BCUT2D eigenvalue weighted by molar-refractivity contribution is 5.76. The number of amides is 1. The van der Waals surface area contributed by atoms with Crippen LogP contribution in [-0.2, 0) is 14.3 Å². The molecule has 0 aromatic carbocycles. The molecular weight excluding hydrogens is 1020 g/mol. The van der Waals surface area contributed by atoms with Gasteiger partial charge in [0.05, 0.1) is 25.4 Å². The Labute approximate surface area is 519 Å². The van der Waals surface area contributed by atoms with E-state index in [4.69, 9.17) is 4.74 Å². The van der Waals surface area contributed by atoms with Crippen molar-refractivity contribution in [3.05, 3.63) is 36.5 Å². The molecule has 0 aromatic rings. The van der Waals surface area contributed by atoms with Gasteiger partial charge in [-0.15, -0.1) is 0 Å². The van der Waals surface area contributed by atoms with Gasteiger partial charge in [0.15, 0.2) is 0 Å². The van der Waals surface area contributed by atoms with Gasteiger partial charge >= 0.3 is 5.97 Å². The first-order valence-electron chi connectivity index (χ1n) is 37.7. The summed E-state index contributed by atoms with van der Waals surface area (Å²) in [6.07, 6.45) is 93.6. The number of carbonyl (C=O) groups is 2. The Balaban J connectivity index is 3.36. The predicted molar refractivity (Wildman–Crippen MR) is 366 cm³/mol. The van der Waals surface area contributed by atoms with Crippen LogP contribution in [0.2, 0.25) is 0 Å². The summed E-state index contributed by atoms with van der Waals surface area (Å²) >= 11 is 0. The van der Waals surface area contributed by atoms with Crippen molar-refractivity contribution in [2.24, 2.45) is 0 Å². The average molecular weight is 1170 g/mol. The summed E-state index contributed by atoms with van der Waals surface area (Å²) in [7, 11) is 0. The Morgan fingerprint density at radius 1 is 0.337 bits per heavy atom. The van der Waals surface area contributed by atoms with E-state index in [1.54, 1.807) is 0 Å². The Kier molecular flexibility index (Phi) is 70.9. The third kappa shape index (κ3) is 69.1. The number of ether oxygens (including phenoxy) is 1. The molecule has 2 unspecified atom stereocenters. The summed E-state index contributed by atoms with van der Waals surface area (Å²) in [5, 5.41) is 23.4. The first-order chi connectivity index (χ1) is 41.0. The van der Waals surface area contributed by atoms with Crippen molar-refractivity contribution in [1.82, 2.24) is 5.32 Å². The summed E-state index contributed by atoms with van der Waals surface area (Å²) in [5.41, 5.74) is 0. The zero-order chi connectivity index (χ0) is 59.9. The molecular formula is C77H147NO5. The molecule has 3 N–H and O–H groups in total. The summed E-state index contributed by atoms with van der Waals surface area (Å²) in [6.45, 7) is 4.98. The summed E-state index contributed by atoms with van der Waals surface area (Å²) in [5.74, 6) is -0.0200. The number of hydrogen-bond donors (Lipinski definition) is 3. The highest BCUT2D eigenvalue weighted by Crippen LogP contribution is 2.19. The van der Waals surface area contributed by atoms with E-state index in [1.165, 1.54) is 334 Å². The lowest BCUT2D eigenvalue weighted by Crippen LogP contribution is -2.45. The maximum atomic E-state index is 12.5. The van der Waals surface area contributed by atoms with E-state index in [0.29, 0.717) is 25.9 Å². The molecule has 6 heteroatoms. The largest absolute Gasteiger partial charge is 0.466 e. The molecule has 0 aliphatic heterocycles. The van der Waals surface area contributed by atoms with Crippen molar-refractivity contribution in [3.8, 4) is 0 Å². The third-order valence-corrected chi connectivity index (χ3v) is 17.7. The summed E-state index contributed by atoms with van der Waals surface area (Å²) in [4.78, 5) is 24.6. The fourth-order valence-electron chi connectivity index (χ4n) is 11.9. The molecule has 0 saturated carbocycles. The molecule has 0 rings (SSSR count). The number of aliphatic hydroxyl groups excluding tert-OH is 2. The minimum Gasteiger partial charge on any atom is -0.466 e. The van der Waals surface area contributed by atoms with Gasteiger partial charge in [0.1, 0.15) is 0 Å². The SMILES string of the molecule is CCCCCCCC/C=C\CCCCCCCC(=O)OCCCCCCCCCCCCC/C=C\C/C=C\CCCCCCCCCCCCCCCCCCCC(=O)NC(CO)C(O)CCCCCCCCCCCCCCCCCC. The summed E-state index contributed by atoms with van der Waals surface area (Å²) < 4.78 is 5.49. The zero-order valence-corrected chi connectivity index (χ0v) is 56.2. The second kappa shape index (κ2) is 72.6. The van der Waals surface area contributed by atoms with Crippen LogP contribution in [0.15, 0.2) is 36.5 Å². The predicted octanol–water partition coefficient (Wildman–Crippen LogP) is 24.7. The lowest BCUT2D eigenvalue weighted by molar-refractivity contribution is -0.143. The van der Waals surface area contributed by atoms with Gasteiger partial charge in [-0.05, 0) is 83.5 Å². The van der Waals surface area contributed by atoms with E-state index in [0.717, 1.165) is 51.4 Å². The molecule has 490 valence electrons. The van der Waals surface area contributed by atoms with E-state index >= 15 is 0 Å². The number of carbonyl (C=O) groups excluding carboxylic acids is 2. The number of aliphatic hydroxyl groups is 2. The van der Waals surface area contributed by atoms with Crippen molar-refractivity contribution in [1.29, 1.82) is 0 Å². The van der Waals surface area contributed by atoms with Crippen molar-refractivity contribution in [2.75, 3.05) is 13.2 Å². The molecule has 0 heterocycles. The third-order valence-electron chi connectivity index (χ3n) is 17.7. The first kappa shape index (κ1) is 81.1. The Morgan fingerprint density at radius 2 is 0.602 bits per heavy atom.